The molecular formula is C9H13FN4O3S. The molecular weight excluding hydrogens is 263 g/mol. The van der Waals surface area contributed by atoms with Crippen molar-refractivity contribution >= 4 is 21.7 Å². The maximum Gasteiger partial charge on any atom is 0.255 e. The van der Waals surface area contributed by atoms with Gasteiger partial charge in [0.1, 0.15) is 11.6 Å². The monoisotopic (exact) mass is 276 g/mol. The first-order valence-electron chi connectivity index (χ1n) is 4.96. The van der Waals surface area contributed by atoms with Gasteiger partial charge in [-0.1, -0.05) is 0 Å². The predicted octanol–water partition coefficient (Wildman–Crippen LogP) is -0.918. The number of carbonyl (C=O) groups excluding carboxylic acids is 1. The number of anilines is 1. The molecule has 1 rings (SSSR count). The molecule has 100 valence electrons. The van der Waals surface area contributed by atoms with Crippen molar-refractivity contribution < 1.29 is 17.6 Å². The number of nitrogens with one attached hydrogen (secondary N) is 2. The highest BCUT2D eigenvalue weighted by molar-refractivity contribution is 7.89. The highest BCUT2D eigenvalue weighted by Gasteiger charge is 2.13. The average molecular weight is 276 g/mol. The zero-order valence-corrected chi connectivity index (χ0v) is 10.4. The van der Waals surface area contributed by atoms with Gasteiger partial charge in [0.25, 0.3) is 5.91 Å². The number of halogens is 1. The normalized spacial score (nSPS) is 11.2. The van der Waals surface area contributed by atoms with Gasteiger partial charge in [-0.05, 0) is 13.1 Å². The minimum absolute atomic E-state index is 0.113. The SMILES string of the molecule is CNS(=O)(=O)CCNC(=O)c1cc(F)cnc1N. The van der Waals surface area contributed by atoms with E-state index in [2.05, 4.69) is 15.0 Å². The van der Waals surface area contributed by atoms with Crippen LogP contribution >= 0.6 is 0 Å². The summed E-state index contributed by atoms with van der Waals surface area (Å²) in [4.78, 5) is 15.1. The lowest BCUT2D eigenvalue weighted by Crippen LogP contribution is -2.33. The summed E-state index contributed by atoms with van der Waals surface area (Å²) >= 11 is 0. The molecule has 0 aliphatic heterocycles. The Morgan fingerprint density at radius 3 is 2.83 bits per heavy atom. The highest BCUT2D eigenvalue weighted by atomic mass is 32.2. The van der Waals surface area contributed by atoms with Crippen LogP contribution in [0.3, 0.4) is 0 Å². The lowest BCUT2D eigenvalue weighted by atomic mass is 10.2. The Bertz CT molecular complexity index is 547. The van der Waals surface area contributed by atoms with E-state index < -0.39 is 21.7 Å². The zero-order valence-electron chi connectivity index (χ0n) is 9.60. The molecule has 18 heavy (non-hydrogen) atoms. The van der Waals surface area contributed by atoms with E-state index >= 15 is 0 Å². The molecule has 0 saturated carbocycles. The molecule has 9 heteroatoms. The fourth-order valence-corrected chi connectivity index (χ4v) is 1.70. The number of sulfonamides is 1. The lowest BCUT2D eigenvalue weighted by molar-refractivity contribution is 0.0956. The van der Waals surface area contributed by atoms with Crippen LogP contribution in [0, 0.1) is 5.82 Å². The molecule has 1 aromatic rings. The van der Waals surface area contributed by atoms with Crippen molar-refractivity contribution in [3.63, 3.8) is 0 Å². The number of nitrogens with two attached hydrogens (primary N) is 1. The van der Waals surface area contributed by atoms with E-state index in [1.54, 1.807) is 0 Å². The summed E-state index contributed by atoms with van der Waals surface area (Å²) in [7, 11) is -2.13. The van der Waals surface area contributed by atoms with E-state index in [9.17, 15) is 17.6 Å². The van der Waals surface area contributed by atoms with Crippen LogP contribution in [0.1, 0.15) is 10.4 Å². The summed E-state index contributed by atoms with van der Waals surface area (Å²) in [6, 6.07) is 0.935. The molecule has 0 aromatic carbocycles. The fraction of sp³-hybridized carbons (Fsp3) is 0.333. The Morgan fingerprint density at radius 1 is 1.56 bits per heavy atom. The Morgan fingerprint density at radius 2 is 2.22 bits per heavy atom. The van der Waals surface area contributed by atoms with Gasteiger partial charge in [0.2, 0.25) is 10.0 Å². The topological polar surface area (TPSA) is 114 Å². The average Bonchev–Trinajstić information content (AvgIpc) is 2.32. The molecule has 0 atom stereocenters. The molecule has 0 unspecified atom stereocenters. The number of carbonyl (C=O) groups is 1. The second-order valence-corrected chi connectivity index (χ2v) is 5.41. The van der Waals surface area contributed by atoms with E-state index in [0.29, 0.717) is 0 Å². The molecule has 0 fully saturated rings. The van der Waals surface area contributed by atoms with Gasteiger partial charge >= 0.3 is 0 Å². The molecule has 0 bridgehead atoms. The van der Waals surface area contributed by atoms with Gasteiger partial charge < -0.3 is 11.1 Å². The van der Waals surface area contributed by atoms with Crippen LogP contribution in [-0.2, 0) is 10.0 Å². The first-order valence-corrected chi connectivity index (χ1v) is 6.61. The van der Waals surface area contributed by atoms with Crippen molar-refractivity contribution in [1.29, 1.82) is 0 Å². The van der Waals surface area contributed by atoms with Gasteiger partial charge in [-0.15, -0.1) is 0 Å². The number of nitrogen functional groups attached to an aromatic ring is 1. The van der Waals surface area contributed by atoms with E-state index in [0.717, 1.165) is 12.3 Å². The Kier molecular flexibility index (Phi) is 4.56. The predicted molar refractivity (Wildman–Crippen MR) is 63.8 cm³/mol. The van der Waals surface area contributed by atoms with Crippen molar-refractivity contribution in [1.82, 2.24) is 15.0 Å². The second-order valence-electron chi connectivity index (χ2n) is 3.37. The first-order chi connectivity index (χ1) is 8.35. The maximum atomic E-state index is 12.9. The second kappa shape index (κ2) is 5.74. The lowest BCUT2D eigenvalue weighted by Gasteiger charge is -2.07. The van der Waals surface area contributed by atoms with E-state index in [4.69, 9.17) is 5.73 Å². The van der Waals surface area contributed by atoms with Crippen LogP contribution in [0.4, 0.5) is 10.2 Å². The summed E-state index contributed by atoms with van der Waals surface area (Å²) < 4.78 is 37.1. The van der Waals surface area contributed by atoms with Crippen LogP contribution < -0.4 is 15.8 Å². The Balaban J connectivity index is 2.64. The number of aromatic nitrogens is 1. The largest absolute Gasteiger partial charge is 0.383 e. The fourth-order valence-electron chi connectivity index (χ4n) is 1.13. The van der Waals surface area contributed by atoms with Gasteiger partial charge in [0.15, 0.2) is 0 Å². The van der Waals surface area contributed by atoms with Crippen LogP contribution in [0.15, 0.2) is 12.3 Å². The number of hydrogen-bond donors (Lipinski definition) is 3. The molecule has 0 saturated heterocycles. The minimum Gasteiger partial charge on any atom is -0.383 e. The van der Waals surface area contributed by atoms with Crippen LogP contribution in [-0.4, -0.2) is 38.7 Å². The molecule has 1 aromatic heterocycles. The first kappa shape index (κ1) is 14.3. The Hall–Kier alpha value is -1.74. The smallest absolute Gasteiger partial charge is 0.255 e. The molecule has 1 amide bonds. The van der Waals surface area contributed by atoms with Crippen molar-refractivity contribution in [2.45, 2.75) is 0 Å². The van der Waals surface area contributed by atoms with E-state index in [1.807, 2.05) is 0 Å². The maximum absolute atomic E-state index is 12.9. The van der Waals surface area contributed by atoms with E-state index in [-0.39, 0.29) is 23.7 Å². The Labute approximate surface area is 104 Å². The van der Waals surface area contributed by atoms with Crippen LogP contribution in [0.25, 0.3) is 0 Å². The van der Waals surface area contributed by atoms with Crippen molar-refractivity contribution in [3.05, 3.63) is 23.6 Å². The summed E-state index contributed by atoms with van der Waals surface area (Å²) in [5, 5.41) is 2.31. The van der Waals surface area contributed by atoms with Gasteiger partial charge in [-0.2, -0.15) is 0 Å². The van der Waals surface area contributed by atoms with Gasteiger partial charge in [-0.3, -0.25) is 4.79 Å². The number of hydrogen-bond acceptors (Lipinski definition) is 5. The van der Waals surface area contributed by atoms with Gasteiger partial charge in [-0.25, -0.2) is 22.5 Å². The summed E-state index contributed by atoms with van der Waals surface area (Å²) in [5.41, 5.74) is 5.28. The molecule has 7 nitrogen and oxygen atoms in total. The summed E-state index contributed by atoms with van der Waals surface area (Å²) in [6.07, 6.45) is 0.886. The third kappa shape index (κ3) is 3.93. The van der Waals surface area contributed by atoms with Crippen LogP contribution in [0.2, 0.25) is 0 Å². The molecule has 1 heterocycles. The summed E-state index contributed by atoms with van der Waals surface area (Å²) in [6.45, 7) is -0.113. The number of pyridine rings is 1. The van der Waals surface area contributed by atoms with Gasteiger partial charge in [0.05, 0.1) is 17.5 Å². The number of nitrogens with zero attached hydrogens (tertiary/aromatic N) is 1. The van der Waals surface area contributed by atoms with Crippen molar-refractivity contribution in [3.8, 4) is 0 Å². The zero-order chi connectivity index (χ0) is 13.8. The molecule has 0 radical (unpaired) electrons. The molecule has 0 spiro atoms. The van der Waals surface area contributed by atoms with Crippen LogP contribution in [0.5, 0.6) is 0 Å². The third-order valence-electron chi connectivity index (χ3n) is 2.10. The minimum atomic E-state index is -3.40. The standard InChI is InChI=1S/C9H13FN4O3S/c1-12-18(16,17)3-2-13-9(15)7-4-6(10)5-14-8(7)11/h4-5,12H,2-3H2,1H3,(H2,11,14)(H,13,15). The third-order valence-corrected chi connectivity index (χ3v) is 3.46. The molecule has 0 aliphatic rings. The molecule has 0 aliphatic carbocycles. The van der Waals surface area contributed by atoms with Gasteiger partial charge in [0, 0.05) is 6.54 Å². The summed E-state index contributed by atoms with van der Waals surface area (Å²) in [5.74, 6) is -1.77. The van der Waals surface area contributed by atoms with Crippen molar-refractivity contribution in [2.24, 2.45) is 0 Å². The van der Waals surface area contributed by atoms with Crippen molar-refractivity contribution in [2.75, 3.05) is 25.1 Å². The number of rotatable bonds is 5. The van der Waals surface area contributed by atoms with E-state index in [1.165, 1.54) is 7.05 Å². The highest BCUT2D eigenvalue weighted by Crippen LogP contribution is 2.09. The molecule has 4 N–H and O–H groups in total. The number of amides is 1. The quantitative estimate of drug-likeness (QED) is 0.643.